The summed E-state index contributed by atoms with van der Waals surface area (Å²) in [6.07, 6.45) is 0. The molecule has 8 heavy (non-hydrogen) atoms. The van der Waals surface area contributed by atoms with Crippen molar-refractivity contribution in [3.05, 3.63) is 0 Å². The molecule has 0 aromatic rings. The standard InChI is InChI=1S/C2H4N2OS3/c5-3-1(6)2(7)4-8/h5,8H,(H,3,6)(H,4,7). The van der Waals surface area contributed by atoms with E-state index in [-0.39, 0.29) is 9.98 Å². The van der Waals surface area contributed by atoms with Crippen molar-refractivity contribution in [3.8, 4) is 0 Å². The molecule has 0 bridgehead atoms. The summed E-state index contributed by atoms with van der Waals surface area (Å²) in [6.45, 7) is 0. The number of rotatable bonds is 0. The third kappa shape index (κ3) is 2.41. The van der Waals surface area contributed by atoms with Crippen molar-refractivity contribution < 1.29 is 5.21 Å². The third-order valence-corrected chi connectivity index (χ3v) is 1.52. The summed E-state index contributed by atoms with van der Waals surface area (Å²) in [5.74, 6) is 0. The van der Waals surface area contributed by atoms with Gasteiger partial charge in [-0.1, -0.05) is 37.3 Å². The summed E-state index contributed by atoms with van der Waals surface area (Å²) in [6, 6.07) is 0. The lowest BCUT2D eigenvalue weighted by molar-refractivity contribution is 0.239. The second kappa shape index (κ2) is 4.02. The van der Waals surface area contributed by atoms with E-state index >= 15 is 0 Å². The minimum atomic E-state index is 0.0648. The fourth-order valence-electron chi connectivity index (χ4n) is 0.102. The van der Waals surface area contributed by atoms with Gasteiger partial charge in [-0.15, -0.1) is 0 Å². The van der Waals surface area contributed by atoms with Crippen LogP contribution >= 0.6 is 37.3 Å². The molecule has 3 nitrogen and oxygen atoms in total. The molecule has 0 aliphatic rings. The van der Waals surface area contributed by atoms with Crippen molar-refractivity contribution in [1.82, 2.24) is 10.2 Å². The minimum absolute atomic E-state index is 0.0648. The van der Waals surface area contributed by atoms with E-state index in [0.717, 1.165) is 0 Å². The second-order valence-electron chi connectivity index (χ2n) is 0.882. The Kier molecular flexibility index (Phi) is 4.06. The van der Waals surface area contributed by atoms with E-state index in [1.165, 1.54) is 0 Å². The summed E-state index contributed by atoms with van der Waals surface area (Å²) >= 11 is 12.6. The number of thiol groups is 1. The molecular weight excluding hydrogens is 164 g/mol. The Balaban J connectivity index is 3.64. The third-order valence-electron chi connectivity index (χ3n) is 0.409. The van der Waals surface area contributed by atoms with Crippen molar-refractivity contribution in [2.75, 3.05) is 0 Å². The van der Waals surface area contributed by atoms with Crippen LogP contribution in [0.15, 0.2) is 0 Å². The van der Waals surface area contributed by atoms with Crippen LogP contribution in [0.3, 0.4) is 0 Å². The molecule has 0 atom stereocenters. The highest BCUT2D eigenvalue weighted by Crippen LogP contribution is 1.76. The molecule has 0 fully saturated rings. The first-order valence-electron chi connectivity index (χ1n) is 1.61. The Morgan fingerprint density at radius 2 is 1.88 bits per heavy atom. The number of hydroxylamine groups is 1. The van der Waals surface area contributed by atoms with E-state index in [1.54, 1.807) is 5.48 Å². The van der Waals surface area contributed by atoms with Crippen LogP contribution < -0.4 is 10.2 Å². The molecule has 3 N–H and O–H groups in total. The van der Waals surface area contributed by atoms with Gasteiger partial charge in [0, 0.05) is 0 Å². The Morgan fingerprint density at radius 3 is 2.00 bits per heavy atom. The van der Waals surface area contributed by atoms with Gasteiger partial charge >= 0.3 is 0 Å². The van der Waals surface area contributed by atoms with E-state index in [0.29, 0.717) is 0 Å². The van der Waals surface area contributed by atoms with Crippen LogP contribution in [-0.4, -0.2) is 15.2 Å². The van der Waals surface area contributed by atoms with E-state index in [4.69, 9.17) is 5.21 Å². The van der Waals surface area contributed by atoms with Gasteiger partial charge in [0.15, 0.2) is 4.99 Å². The van der Waals surface area contributed by atoms with Gasteiger partial charge in [0.2, 0.25) is 0 Å². The zero-order valence-electron chi connectivity index (χ0n) is 3.71. The summed E-state index contributed by atoms with van der Waals surface area (Å²) in [4.78, 5) is 0.265. The van der Waals surface area contributed by atoms with Crippen molar-refractivity contribution in [1.29, 1.82) is 0 Å². The summed E-state index contributed by atoms with van der Waals surface area (Å²) in [7, 11) is 0. The van der Waals surface area contributed by atoms with Gasteiger partial charge in [-0.05, 0) is 0 Å². The van der Waals surface area contributed by atoms with Gasteiger partial charge in [-0.3, -0.25) is 10.7 Å². The van der Waals surface area contributed by atoms with E-state index in [1.807, 2.05) is 0 Å². The van der Waals surface area contributed by atoms with Crippen LogP contribution in [0.25, 0.3) is 0 Å². The normalized spacial score (nSPS) is 7.75. The number of hydrogen-bond donors (Lipinski definition) is 4. The van der Waals surface area contributed by atoms with Crippen LogP contribution in [0.2, 0.25) is 0 Å². The topological polar surface area (TPSA) is 44.3 Å². The predicted molar refractivity (Wildman–Crippen MR) is 42.2 cm³/mol. The Bertz CT molecular complexity index is 99.9. The predicted octanol–water partition coefficient (Wildman–Crippen LogP) is 0.0544. The zero-order valence-corrected chi connectivity index (χ0v) is 6.24. The highest BCUT2D eigenvalue weighted by Gasteiger charge is 1.96. The molecule has 0 radical (unpaired) electrons. The molecule has 0 unspecified atom stereocenters. The van der Waals surface area contributed by atoms with Gasteiger partial charge in [-0.25, -0.2) is 0 Å². The molecule has 0 saturated heterocycles. The molecule has 0 aliphatic heterocycles. The fraction of sp³-hybridized carbons (Fsp3) is 0. The van der Waals surface area contributed by atoms with E-state index in [9.17, 15) is 0 Å². The molecular formula is C2H4N2OS3. The van der Waals surface area contributed by atoms with Crippen LogP contribution in [0.4, 0.5) is 0 Å². The molecule has 0 spiro atoms. The van der Waals surface area contributed by atoms with Crippen LogP contribution in [0.1, 0.15) is 0 Å². The Hall–Kier alpha value is 0.0900. The molecule has 46 valence electrons. The summed E-state index contributed by atoms with van der Waals surface area (Å²) in [5, 5.41) is 8.08. The molecule has 0 saturated carbocycles. The minimum Gasteiger partial charge on any atom is -0.321 e. The average Bonchev–Trinajstić information content (AvgIpc) is 1.84. The molecule has 6 heteroatoms. The first-order valence-corrected chi connectivity index (χ1v) is 2.87. The molecule has 0 heterocycles. The van der Waals surface area contributed by atoms with Crippen LogP contribution in [0.5, 0.6) is 0 Å². The average molecular weight is 168 g/mol. The monoisotopic (exact) mass is 168 g/mol. The fourth-order valence-corrected chi connectivity index (χ4v) is 0.386. The van der Waals surface area contributed by atoms with E-state index in [2.05, 4.69) is 42.0 Å². The first kappa shape index (κ1) is 8.09. The highest BCUT2D eigenvalue weighted by atomic mass is 32.1. The smallest absolute Gasteiger partial charge is 0.158 e. The number of hydrogen-bond acceptors (Lipinski definition) is 4. The number of thiocarbonyl (C=S) groups is 2. The maximum absolute atomic E-state index is 8.08. The maximum Gasteiger partial charge on any atom is 0.158 e. The molecule has 0 aliphatic carbocycles. The van der Waals surface area contributed by atoms with Gasteiger partial charge in [-0.2, -0.15) is 0 Å². The summed E-state index contributed by atoms with van der Waals surface area (Å²) in [5.41, 5.74) is 1.69. The number of nitrogens with one attached hydrogen (secondary N) is 2. The zero-order chi connectivity index (χ0) is 6.57. The van der Waals surface area contributed by atoms with Crippen LogP contribution in [-0.2, 0) is 0 Å². The van der Waals surface area contributed by atoms with Gasteiger partial charge in [0.25, 0.3) is 0 Å². The van der Waals surface area contributed by atoms with Crippen LogP contribution in [0, 0.1) is 0 Å². The maximum atomic E-state index is 8.08. The Morgan fingerprint density at radius 1 is 1.38 bits per heavy atom. The highest BCUT2D eigenvalue weighted by molar-refractivity contribution is 7.91. The SMILES string of the molecule is ONC(=S)C(=S)NS. The lowest BCUT2D eigenvalue weighted by Crippen LogP contribution is -2.30. The molecule has 0 aromatic carbocycles. The van der Waals surface area contributed by atoms with Crippen molar-refractivity contribution in [2.45, 2.75) is 0 Å². The van der Waals surface area contributed by atoms with E-state index < -0.39 is 0 Å². The first-order chi connectivity index (χ1) is 3.72. The summed E-state index contributed by atoms with van der Waals surface area (Å²) < 4.78 is 2.28. The lowest BCUT2D eigenvalue weighted by atomic mass is 10.7. The second-order valence-corrected chi connectivity index (χ2v) is 1.92. The van der Waals surface area contributed by atoms with Gasteiger partial charge in [0.1, 0.15) is 4.99 Å². The lowest BCUT2D eigenvalue weighted by Gasteiger charge is -1.98. The van der Waals surface area contributed by atoms with Crippen molar-refractivity contribution >= 4 is 47.2 Å². The molecule has 0 amide bonds. The largest absolute Gasteiger partial charge is 0.321 e. The Labute approximate surface area is 63.0 Å². The van der Waals surface area contributed by atoms with Crippen molar-refractivity contribution in [2.24, 2.45) is 0 Å². The van der Waals surface area contributed by atoms with Gasteiger partial charge in [0.05, 0.1) is 0 Å². The van der Waals surface area contributed by atoms with Crippen molar-refractivity contribution in [3.63, 3.8) is 0 Å². The molecule has 0 rings (SSSR count). The van der Waals surface area contributed by atoms with Gasteiger partial charge < -0.3 is 4.72 Å². The quantitative estimate of drug-likeness (QED) is 0.234. The molecule has 0 aromatic heterocycles.